The van der Waals surface area contributed by atoms with E-state index in [-0.39, 0.29) is 17.6 Å². The average molecular weight is 290 g/mol. The van der Waals surface area contributed by atoms with Gasteiger partial charge in [0.25, 0.3) is 0 Å². The molecule has 3 nitrogen and oxygen atoms in total. The van der Waals surface area contributed by atoms with Gasteiger partial charge < -0.3 is 10.2 Å². The normalized spacial score (nSPS) is 22.7. The Morgan fingerprint density at radius 2 is 1.90 bits per heavy atom. The molecule has 1 heterocycles. The summed E-state index contributed by atoms with van der Waals surface area (Å²) in [6.45, 7) is 2.69. The highest BCUT2D eigenvalue weighted by Crippen LogP contribution is 2.26. The first-order chi connectivity index (χ1) is 10.2. The number of halogens is 1. The van der Waals surface area contributed by atoms with E-state index in [2.05, 4.69) is 10.2 Å². The van der Waals surface area contributed by atoms with Crippen LogP contribution in [-0.2, 0) is 4.79 Å². The summed E-state index contributed by atoms with van der Waals surface area (Å²) in [6, 6.07) is 6.67. The molecule has 1 atom stereocenters. The van der Waals surface area contributed by atoms with Crippen LogP contribution < -0.4 is 10.2 Å². The Kier molecular flexibility index (Phi) is 4.42. The van der Waals surface area contributed by atoms with E-state index in [1.165, 1.54) is 25.0 Å². The molecular formula is C17H23FN2O. The van der Waals surface area contributed by atoms with Crippen LogP contribution >= 0.6 is 0 Å². The lowest BCUT2D eigenvalue weighted by molar-refractivity contribution is -0.124. The number of hydrogen-bond acceptors (Lipinski definition) is 2. The molecule has 1 aromatic rings. The van der Waals surface area contributed by atoms with E-state index < -0.39 is 0 Å². The van der Waals surface area contributed by atoms with Gasteiger partial charge in [0.05, 0.1) is 0 Å². The lowest BCUT2D eigenvalue weighted by atomic mass is 10.1. The molecule has 1 unspecified atom stereocenters. The molecule has 1 saturated carbocycles. The number of rotatable bonds is 4. The third-order valence-electron chi connectivity index (χ3n) is 4.77. The fourth-order valence-electron chi connectivity index (χ4n) is 3.46. The smallest absolute Gasteiger partial charge is 0.223 e. The summed E-state index contributed by atoms with van der Waals surface area (Å²) < 4.78 is 12.9. The maximum Gasteiger partial charge on any atom is 0.223 e. The first-order valence-corrected chi connectivity index (χ1v) is 8.00. The molecule has 1 aliphatic carbocycles. The highest BCUT2D eigenvalue weighted by molar-refractivity contribution is 5.78. The van der Waals surface area contributed by atoms with Crippen molar-refractivity contribution in [2.45, 2.75) is 32.1 Å². The molecule has 21 heavy (non-hydrogen) atoms. The van der Waals surface area contributed by atoms with Crippen LogP contribution in [-0.4, -0.2) is 25.5 Å². The number of hydrogen-bond donors (Lipinski definition) is 1. The second-order valence-corrected chi connectivity index (χ2v) is 6.30. The van der Waals surface area contributed by atoms with Crippen LogP contribution in [0.25, 0.3) is 0 Å². The molecule has 1 aliphatic heterocycles. The van der Waals surface area contributed by atoms with Gasteiger partial charge in [0, 0.05) is 31.2 Å². The number of nitrogens with one attached hydrogen (secondary N) is 1. The monoisotopic (exact) mass is 290 g/mol. The summed E-state index contributed by atoms with van der Waals surface area (Å²) in [5.74, 6) is 0.797. The van der Waals surface area contributed by atoms with Gasteiger partial charge in [-0.15, -0.1) is 0 Å². The standard InChI is InChI=1S/C17H23FN2O/c18-15-5-7-16(8-6-15)20-10-9-13(12-20)11-19-17(21)14-3-1-2-4-14/h5-8,13-14H,1-4,9-12H2,(H,19,21). The third-order valence-corrected chi connectivity index (χ3v) is 4.77. The van der Waals surface area contributed by atoms with E-state index >= 15 is 0 Å². The minimum Gasteiger partial charge on any atom is -0.371 e. The number of amides is 1. The average Bonchev–Trinajstić information content (AvgIpc) is 3.17. The Labute approximate surface area is 125 Å². The van der Waals surface area contributed by atoms with E-state index in [1.807, 2.05) is 12.1 Å². The SMILES string of the molecule is O=C(NCC1CCN(c2ccc(F)cc2)C1)C1CCCC1. The van der Waals surface area contributed by atoms with Crippen LogP contribution in [0.3, 0.4) is 0 Å². The van der Waals surface area contributed by atoms with Crippen molar-refractivity contribution in [1.82, 2.24) is 5.32 Å². The van der Waals surface area contributed by atoms with Crippen molar-refractivity contribution in [3.8, 4) is 0 Å². The zero-order valence-corrected chi connectivity index (χ0v) is 12.4. The van der Waals surface area contributed by atoms with Crippen molar-refractivity contribution in [1.29, 1.82) is 0 Å². The summed E-state index contributed by atoms with van der Waals surface area (Å²) in [5.41, 5.74) is 1.07. The molecule has 4 heteroatoms. The number of carbonyl (C=O) groups excluding carboxylic acids is 1. The second-order valence-electron chi connectivity index (χ2n) is 6.30. The van der Waals surface area contributed by atoms with Gasteiger partial charge in [0.2, 0.25) is 5.91 Å². The Hall–Kier alpha value is -1.58. The van der Waals surface area contributed by atoms with Gasteiger partial charge in [-0.05, 0) is 49.4 Å². The van der Waals surface area contributed by atoms with Gasteiger partial charge >= 0.3 is 0 Å². The molecule has 0 radical (unpaired) electrons. The summed E-state index contributed by atoms with van der Waals surface area (Å²) >= 11 is 0. The molecular weight excluding hydrogens is 267 g/mol. The molecule has 114 valence electrons. The Morgan fingerprint density at radius 3 is 2.62 bits per heavy atom. The van der Waals surface area contributed by atoms with Crippen molar-refractivity contribution in [2.75, 3.05) is 24.5 Å². The van der Waals surface area contributed by atoms with Crippen LogP contribution in [0.2, 0.25) is 0 Å². The predicted octanol–water partition coefficient (Wildman–Crippen LogP) is 2.96. The van der Waals surface area contributed by atoms with Gasteiger partial charge in [-0.2, -0.15) is 0 Å². The number of anilines is 1. The van der Waals surface area contributed by atoms with Gasteiger partial charge in [0.15, 0.2) is 0 Å². The Bertz CT molecular complexity index is 482. The first-order valence-electron chi connectivity index (χ1n) is 8.00. The molecule has 1 aromatic carbocycles. The van der Waals surface area contributed by atoms with Crippen LogP contribution in [0.15, 0.2) is 24.3 Å². The van der Waals surface area contributed by atoms with Crippen LogP contribution in [0.4, 0.5) is 10.1 Å². The van der Waals surface area contributed by atoms with Crippen LogP contribution in [0.1, 0.15) is 32.1 Å². The molecule has 1 amide bonds. The first kappa shape index (κ1) is 14.4. The van der Waals surface area contributed by atoms with Gasteiger partial charge in [0.1, 0.15) is 5.82 Å². The topological polar surface area (TPSA) is 32.3 Å². The molecule has 3 rings (SSSR count). The van der Waals surface area contributed by atoms with Gasteiger partial charge in [-0.25, -0.2) is 4.39 Å². The van der Waals surface area contributed by atoms with Gasteiger partial charge in [-0.3, -0.25) is 4.79 Å². The fourth-order valence-corrected chi connectivity index (χ4v) is 3.46. The molecule has 1 N–H and O–H groups in total. The van der Waals surface area contributed by atoms with Gasteiger partial charge in [-0.1, -0.05) is 12.8 Å². The number of nitrogens with zero attached hydrogens (tertiary/aromatic N) is 1. The van der Waals surface area contributed by atoms with E-state index in [9.17, 15) is 9.18 Å². The molecule has 2 fully saturated rings. The summed E-state index contributed by atoms with van der Waals surface area (Å²) in [6.07, 6.45) is 5.58. The Balaban J connectivity index is 1.46. The molecule has 1 saturated heterocycles. The number of benzene rings is 1. The summed E-state index contributed by atoms with van der Waals surface area (Å²) in [5, 5.41) is 3.12. The quantitative estimate of drug-likeness (QED) is 0.924. The molecule has 0 bridgehead atoms. The van der Waals surface area contributed by atoms with E-state index in [0.29, 0.717) is 5.92 Å². The lowest BCUT2D eigenvalue weighted by Gasteiger charge is -2.19. The van der Waals surface area contributed by atoms with Crippen molar-refractivity contribution in [2.24, 2.45) is 11.8 Å². The zero-order valence-electron chi connectivity index (χ0n) is 12.4. The maximum absolute atomic E-state index is 12.9. The Morgan fingerprint density at radius 1 is 1.19 bits per heavy atom. The lowest BCUT2D eigenvalue weighted by Crippen LogP contribution is -2.34. The summed E-state index contributed by atoms with van der Waals surface area (Å²) in [7, 11) is 0. The van der Waals surface area contributed by atoms with Crippen LogP contribution in [0, 0.1) is 17.7 Å². The van der Waals surface area contributed by atoms with Crippen molar-refractivity contribution in [3.63, 3.8) is 0 Å². The van der Waals surface area contributed by atoms with Crippen LogP contribution in [0.5, 0.6) is 0 Å². The zero-order chi connectivity index (χ0) is 14.7. The highest BCUT2D eigenvalue weighted by Gasteiger charge is 2.26. The van der Waals surface area contributed by atoms with E-state index in [0.717, 1.165) is 44.6 Å². The molecule has 2 aliphatic rings. The second kappa shape index (κ2) is 6.46. The van der Waals surface area contributed by atoms with Crippen molar-refractivity contribution in [3.05, 3.63) is 30.1 Å². The fraction of sp³-hybridized carbons (Fsp3) is 0.588. The van der Waals surface area contributed by atoms with Crippen molar-refractivity contribution < 1.29 is 9.18 Å². The van der Waals surface area contributed by atoms with E-state index in [1.54, 1.807) is 0 Å². The predicted molar refractivity (Wildman–Crippen MR) is 81.7 cm³/mol. The molecule has 0 aromatic heterocycles. The minimum atomic E-state index is -0.196. The largest absolute Gasteiger partial charge is 0.371 e. The van der Waals surface area contributed by atoms with E-state index in [4.69, 9.17) is 0 Å². The minimum absolute atomic E-state index is 0.196. The van der Waals surface area contributed by atoms with Crippen molar-refractivity contribution >= 4 is 11.6 Å². The highest BCUT2D eigenvalue weighted by atomic mass is 19.1. The summed E-state index contributed by atoms with van der Waals surface area (Å²) in [4.78, 5) is 14.3. The third kappa shape index (κ3) is 3.55. The molecule has 0 spiro atoms. The number of carbonyl (C=O) groups is 1. The maximum atomic E-state index is 12.9.